The Kier molecular flexibility index (Phi) is 4.94. The van der Waals surface area contributed by atoms with Crippen LogP contribution in [0, 0.1) is 0 Å². The van der Waals surface area contributed by atoms with E-state index in [1.54, 1.807) is 0 Å². The van der Waals surface area contributed by atoms with E-state index in [1.807, 2.05) is 54.6 Å². The van der Waals surface area contributed by atoms with E-state index in [-0.39, 0.29) is 18.5 Å². The third-order valence-corrected chi connectivity index (χ3v) is 5.31. The Morgan fingerprint density at radius 1 is 1.04 bits per heavy atom. The Balaban J connectivity index is 1.48. The second-order valence-electron chi connectivity index (χ2n) is 6.74. The smallest absolute Gasteiger partial charge is 0.317 e. The molecule has 4 rings (SSSR count). The lowest BCUT2D eigenvalue weighted by Crippen LogP contribution is -2.34. The zero-order valence-electron chi connectivity index (χ0n) is 14.7. The highest BCUT2D eigenvalue weighted by Crippen LogP contribution is 2.42. The van der Waals surface area contributed by atoms with Crippen molar-refractivity contribution in [3.05, 3.63) is 71.1 Å². The van der Waals surface area contributed by atoms with Gasteiger partial charge in [0.15, 0.2) is 6.61 Å². The first-order valence-electron chi connectivity index (χ1n) is 8.98. The van der Waals surface area contributed by atoms with Crippen LogP contribution in [0.25, 0.3) is 11.5 Å². The SMILES string of the molecule is O=C(OCc1nnc(-c2ccccc2)o1)C1(c2ccc(Cl)cc2)CCCC1. The molecule has 27 heavy (non-hydrogen) atoms. The van der Waals surface area contributed by atoms with Gasteiger partial charge in [0.05, 0.1) is 5.41 Å². The number of aromatic nitrogens is 2. The van der Waals surface area contributed by atoms with E-state index < -0.39 is 5.41 Å². The van der Waals surface area contributed by atoms with Crippen LogP contribution < -0.4 is 0 Å². The summed E-state index contributed by atoms with van der Waals surface area (Å²) < 4.78 is 11.2. The summed E-state index contributed by atoms with van der Waals surface area (Å²) in [5.41, 5.74) is 1.16. The molecule has 6 heteroatoms. The number of halogens is 1. The largest absolute Gasteiger partial charge is 0.455 e. The minimum absolute atomic E-state index is 0.0337. The molecule has 0 amide bonds. The molecule has 0 spiro atoms. The van der Waals surface area contributed by atoms with Crippen LogP contribution in [-0.4, -0.2) is 16.2 Å². The molecule has 5 nitrogen and oxygen atoms in total. The molecule has 0 radical (unpaired) electrons. The van der Waals surface area contributed by atoms with Gasteiger partial charge in [0, 0.05) is 10.6 Å². The Hall–Kier alpha value is -2.66. The predicted octanol–water partition coefficient (Wildman–Crippen LogP) is 4.95. The van der Waals surface area contributed by atoms with E-state index in [0.717, 1.165) is 36.8 Å². The second-order valence-corrected chi connectivity index (χ2v) is 7.18. The Morgan fingerprint density at radius 3 is 2.44 bits per heavy atom. The summed E-state index contributed by atoms with van der Waals surface area (Å²) in [6.07, 6.45) is 3.53. The number of rotatable bonds is 5. The number of nitrogens with zero attached hydrogens (tertiary/aromatic N) is 2. The molecule has 0 unspecified atom stereocenters. The van der Waals surface area contributed by atoms with E-state index in [0.29, 0.717) is 10.9 Å². The Bertz CT molecular complexity index is 916. The summed E-state index contributed by atoms with van der Waals surface area (Å²) >= 11 is 5.99. The minimum Gasteiger partial charge on any atom is -0.455 e. The number of hydrogen-bond donors (Lipinski definition) is 0. The fourth-order valence-electron chi connectivity index (χ4n) is 3.63. The number of esters is 1. The van der Waals surface area contributed by atoms with E-state index in [9.17, 15) is 4.79 Å². The molecule has 1 fully saturated rings. The number of benzene rings is 2. The summed E-state index contributed by atoms with van der Waals surface area (Å²) in [7, 11) is 0. The van der Waals surface area contributed by atoms with Crippen molar-refractivity contribution in [1.29, 1.82) is 0 Å². The zero-order chi connectivity index (χ0) is 18.7. The van der Waals surface area contributed by atoms with Crippen LogP contribution in [-0.2, 0) is 21.6 Å². The van der Waals surface area contributed by atoms with Crippen LogP contribution in [0.15, 0.2) is 59.0 Å². The van der Waals surface area contributed by atoms with Crippen molar-refractivity contribution in [3.8, 4) is 11.5 Å². The van der Waals surface area contributed by atoms with E-state index in [2.05, 4.69) is 10.2 Å². The molecule has 0 atom stereocenters. The fraction of sp³-hybridized carbons (Fsp3) is 0.286. The number of hydrogen-bond acceptors (Lipinski definition) is 5. The van der Waals surface area contributed by atoms with Crippen molar-refractivity contribution in [2.45, 2.75) is 37.7 Å². The topological polar surface area (TPSA) is 65.2 Å². The van der Waals surface area contributed by atoms with Crippen molar-refractivity contribution in [2.75, 3.05) is 0 Å². The maximum Gasteiger partial charge on any atom is 0.317 e. The van der Waals surface area contributed by atoms with E-state index in [1.165, 1.54) is 0 Å². The summed E-state index contributed by atoms with van der Waals surface area (Å²) in [6.45, 7) is -0.0337. The van der Waals surface area contributed by atoms with Gasteiger partial charge >= 0.3 is 5.97 Å². The minimum atomic E-state index is -0.618. The maximum atomic E-state index is 13.0. The van der Waals surface area contributed by atoms with Crippen molar-refractivity contribution in [3.63, 3.8) is 0 Å². The zero-order valence-corrected chi connectivity index (χ0v) is 15.5. The molecule has 1 heterocycles. The number of carbonyl (C=O) groups excluding carboxylic acids is 1. The Labute approximate surface area is 162 Å². The second kappa shape index (κ2) is 7.53. The number of ether oxygens (including phenoxy) is 1. The van der Waals surface area contributed by atoms with Gasteiger partial charge in [-0.15, -0.1) is 10.2 Å². The molecule has 1 aliphatic carbocycles. The summed E-state index contributed by atoms with van der Waals surface area (Å²) in [6, 6.07) is 16.9. The lowest BCUT2D eigenvalue weighted by molar-refractivity contribution is -0.152. The van der Waals surface area contributed by atoms with Gasteiger partial charge in [0.2, 0.25) is 5.89 Å². The van der Waals surface area contributed by atoms with Gasteiger partial charge in [-0.25, -0.2) is 0 Å². The van der Waals surface area contributed by atoms with Gasteiger partial charge in [-0.2, -0.15) is 0 Å². The first-order valence-corrected chi connectivity index (χ1v) is 9.36. The molecule has 0 bridgehead atoms. The third kappa shape index (κ3) is 3.60. The molecule has 1 aromatic heterocycles. The summed E-state index contributed by atoms with van der Waals surface area (Å²) in [4.78, 5) is 13.0. The standard InChI is InChI=1S/C21H19ClN2O3/c22-17-10-8-16(9-11-17)21(12-4-5-13-21)20(25)26-14-18-23-24-19(27-18)15-6-2-1-3-7-15/h1-3,6-11H,4-5,12-14H2. The normalized spacial score (nSPS) is 15.6. The molecule has 1 aliphatic rings. The molecule has 0 N–H and O–H groups in total. The predicted molar refractivity (Wildman–Crippen MR) is 101 cm³/mol. The van der Waals surface area contributed by atoms with Gasteiger partial charge in [0.25, 0.3) is 5.89 Å². The first kappa shape index (κ1) is 17.7. The maximum absolute atomic E-state index is 13.0. The van der Waals surface area contributed by atoms with E-state index >= 15 is 0 Å². The van der Waals surface area contributed by atoms with Crippen LogP contribution in [0.1, 0.15) is 37.1 Å². The summed E-state index contributed by atoms with van der Waals surface area (Å²) in [5, 5.41) is 8.66. The third-order valence-electron chi connectivity index (χ3n) is 5.06. The molecular formula is C21H19ClN2O3. The van der Waals surface area contributed by atoms with Crippen molar-refractivity contribution < 1.29 is 13.9 Å². The van der Waals surface area contributed by atoms with Gasteiger partial charge < -0.3 is 9.15 Å². The molecule has 0 aliphatic heterocycles. The van der Waals surface area contributed by atoms with Crippen LogP contribution in [0.2, 0.25) is 5.02 Å². The lowest BCUT2D eigenvalue weighted by Gasteiger charge is -2.27. The highest BCUT2D eigenvalue weighted by Gasteiger charge is 2.44. The molecular weight excluding hydrogens is 364 g/mol. The first-order chi connectivity index (χ1) is 13.2. The highest BCUT2D eigenvalue weighted by atomic mass is 35.5. The van der Waals surface area contributed by atoms with Crippen molar-refractivity contribution in [2.24, 2.45) is 0 Å². The van der Waals surface area contributed by atoms with E-state index in [4.69, 9.17) is 20.8 Å². The number of carbonyl (C=O) groups is 1. The quantitative estimate of drug-likeness (QED) is 0.584. The van der Waals surface area contributed by atoms with Crippen molar-refractivity contribution >= 4 is 17.6 Å². The Morgan fingerprint density at radius 2 is 1.74 bits per heavy atom. The van der Waals surface area contributed by atoms with Crippen LogP contribution >= 0.6 is 11.6 Å². The average molecular weight is 383 g/mol. The van der Waals surface area contributed by atoms with Crippen LogP contribution in [0.3, 0.4) is 0 Å². The van der Waals surface area contributed by atoms with Gasteiger partial charge in [0.1, 0.15) is 0 Å². The van der Waals surface area contributed by atoms with Gasteiger partial charge in [-0.05, 0) is 42.7 Å². The van der Waals surface area contributed by atoms with Gasteiger partial charge in [-0.1, -0.05) is 54.8 Å². The average Bonchev–Trinajstić information content (AvgIpc) is 3.38. The monoisotopic (exact) mass is 382 g/mol. The summed E-state index contributed by atoms with van der Waals surface area (Å²) in [5.74, 6) is 0.447. The molecule has 138 valence electrons. The fourth-order valence-corrected chi connectivity index (χ4v) is 3.76. The molecule has 3 aromatic rings. The highest BCUT2D eigenvalue weighted by molar-refractivity contribution is 6.30. The molecule has 2 aromatic carbocycles. The van der Waals surface area contributed by atoms with Crippen molar-refractivity contribution in [1.82, 2.24) is 10.2 Å². The molecule has 0 saturated heterocycles. The lowest BCUT2D eigenvalue weighted by atomic mass is 9.79. The van der Waals surface area contributed by atoms with Crippen LogP contribution in [0.5, 0.6) is 0 Å². The van der Waals surface area contributed by atoms with Crippen LogP contribution in [0.4, 0.5) is 0 Å². The van der Waals surface area contributed by atoms with Gasteiger partial charge in [-0.3, -0.25) is 4.79 Å². The molecule has 1 saturated carbocycles.